The number of hydrogen-bond acceptors (Lipinski definition) is 10. The second-order valence-electron chi connectivity index (χ2n) is 15.1. The second-order valence-corrected chi connectivity index (χ2v) is 15.1. The third-order valence-corrected chi connectivity index (χ3v) is 9.04. The molecule has 0 unspecified atom stereocenters. The molecule has 1 aromatic carbocycles. The van der Waals surface area contributed by atoms with Crippen LogP contribution >= 0.6 is 0 Å². The summed E-state index contributed by atoms with van der Waals surface area (Å²) < 4.78 is 13.4. The molecule has 20 heteroatoms. The zero-order valence-corrected chi connectivity index (χ0v) is 34.3. The Labute approximate surface area is 339 Å². The molecule has 0 saturated heterocycles. The smallest absolute Gasteiger partial charge is 0.243 e. The monoisotopic (exact) mass is 821 g/mol. The molecule has 0 aromatic heterocycles. The first-order chi connectivity index (χ1) is 27.2. The van der Waals surface area contributed by atoms with Gasteiger partial charge in [-0.2, -0.15) is 0 Å². The Bertz CT molecular complexity index is 1560. The summed E-state index contributed by atoms with van der Waals surface area (Å²) in [6.07, 6.45) is 1.02. The van der Waals surface area contributed by atoms with Crippen LogP contribution in [0.3, 0.4) is 0 Å². The Balaban J connectivity index is 3.17. The van der Waals surface area contributed by atoms with Crippen molar-refractivity contribution in [3.8, 4) is 0 Å². The first-order valence-corrected chi connectivity index (χ1v) is 19.4. The van der Waals surface area contributed by atoms with E-state index in [9.17, 15) is 43.1 Å². The largest absolute Gasteiger partial charge is 0.394 e. The quantitative estimate of drug-likeness (QED) is 0.0273. The number of amides is 7. The summed E-state index contributed by atoms with van der Waals surface area (Å²) in [7, 11) is 0. The highest BCUT2D eigenvalue weighted by atomic mass is 19.1. The van der Waals surface area contributed by atoms with Crippen molar-refractivity contribution in [3.63, 3.8) is 0 Å². The summed E-state index contributed by atoms with van der Waals surface area (Å²) in [6.45, 7) is 9.70. The standard InChI is InChI=1S/C38H64FN11O8/c1-7-22(6)31(50-36(57)29(16-21(4)5)48-33(54)25(40)19-51)37(58)45-18-30(52)46-26(9-8-14-44-38(42)43)34(55)49-28(15-20(2)3)35(56)47-27(32(41)53)17-23-10-12-24(39)13-11-23/h10-13,20-22,25-29,31,51H,7-9,14-19,40H2,1-6H3,(H2,41,53)(H,45,58)(H,46,52)(H,47,56)(H,48,54)(H,49,55)(H,50,57)(H4,42,43,44)/t22-,25-,26-,27-,28-,29-,31-/m0/s1. The molecule has 0 bridgehead atoms. The van der Waals surface area contributed by atoms with Crippen LogP contribution in [0.2, 0.25) is 0 Å². The number of primary amides is 1. The molecule has 0 fully saturated rings. The SMILES string of the molecule is CC[C@H](C)[C@H](NC(=O)[C@H](CC(C)C)NC(=O)[C@@H](N)CO)C(=O)NCC(=O)N[C@@H](CCCN=C(N)N)C(=O)N[C@@H](CC(C)C)C(=O)N[C@@H](Cc1ccc(F)cc1)C(N)=O. The van der Waals surface area contributed by atoms with Gasteiger partial charge in [-0.25, -0.2) is 4.39 Å². The van der Waals surface area contributed by atoms with Crippen LogP contribution in [0.25, 0.3) is 0 Å². The highest BCUT2D eigenvalue weighted by Gasteiger charge is 2.33. The van der Waals surface area contributed by atoms with Gasteiger partial charge < -0.3 is 59.9 Å². The van der Waals surface area contributed by atoms with Crippen molar-refractivity contribution < 1.29 is 43.1 Å². The number of benzene rings is 1. The van der Waals surface area contributed by atoms with Crippen molar-refractivity contribution in [1.82, 2.24) is 31.9 Å². The van der Waals surface area contributed by atoms with Crippen LogP contribution in [0, 0.1) is 23.6 Å². The predicted molar refractivity (Wildman–Crippen MR) is 215 cm³/mol. The minimum atomic E-state index is -1.25. The third-order valence-electron chi connectivity index (χ3n) is 9.04. The van der Waals surface area contributed by atoms with E-state index in [0.29, 0.717) is 12.0 Å². The van der Waals surface area contributed by atoms with Gasteiger partial charge in [0.25, 0.3) is 0 Å². The minimum absolute atomic E-state index is 0.0151. The van der Waals surface area contributed by atoms with Gasteiger partial charge >= 0.3 is 0 Å². The second kappa shape index (κ2) is 25.8. The Morgan fingerprint density at radius 1 is 0.724 bits per heavy atom. The van der Waals surface area contributed by atoms with E-state index < -0.39 is 102 Å². The zero-order valence-electron chi connectivity index (χ0n) is 34.3. The number of aliphatic hydroxyl groups excluding tert-OH is 1. The fourth-order valence-electron chi connectivity index (χ4n) is 5.64. The van der Waals surface area contributed by atoms with E-state index in [4.69, 9.17) is 22.9 Å². The van der Waals surface area contributed by atoms with E-state index in [1.54, 1.807) is 13.8 Å². The number of carbonyl (C=O) groups excluding carboxylic acids is 7. The Morgan fingerprint density at radius 2 is 1.24 bits per heavy atom. The number of carbonyl (C=O) groups is 7. The lowest BCUT2D eigenvalue weighted by molar-refractivity contribution is -0.135. The minimum Gasteiger partial charge on any atom is -0.394 e. The van der Waals surface area contributed by atoms with E-state index in [1.807, 2.05) is 27.7 Å². The molecule has 0 spiro atoms. The van der Waals surface area contributed by atoms with Crippen LogP contribution in [0.15, 0.2) is 29.3 Å². The number of nitrogens with zero attached hydrogens (tertiary/aromatic N) is 1. The topological polar surface area (TPSA) is 328 Å². The molecule has 58 heavy (non-hydrogen) atoms. The number of guanidine groups is 1. The van der Waals surface area contributed by atoms with Crippen molar-refractivity contribution in [2.75, 3.05) is 19.7 Å². The van der Waals surface area contributed by atoms with E-state index in [2.05, 4.69) is 36.9 Å². The molecule has 19 nitrogen and oxygen atoms in total. The maximum atomic E-state index is 13.7. The molecule has 7 atom stereocenters. The van der Waals surface area contributed by atoms with E-state index in [0.717, 1.165) is 0 Å². The van der Waals surface area contributed by atoms with Gasteiger partial charge in [0.15, 0.2) is 5.96 Å². The predicted octanol–water partition coefficient (Wildman–Crippen LogP) is -2.09. The lowest BCUT2D eigenvalue weighted by Gasteiger charge is -2.28. The highest BCUT2D eigenvalue weighted by molar-refractivity contribution is 5.96. The molecule has 15 N–H and O–H groups in total. The lowest BCUT2D eigenvalue weighted by atomic mass is 9.96. The molecule has 326 valence electrons. The van der Waals surface area contributed by atoms with E-state index in [1.165, 1.54) is 24.3 Å². The summed E-state index contributed by atoms with van der Waals surface area (Å²) in [5.74, 6) is -6.41. The molecule has 0 heterocycles. The molecule has 1 aromatic rings. The number of nitrogens with two attached hydrogens (primary N) is 4. The van der Waals surface area contributed by atoms with Gasteiger partial charge in [-0.05, 0) is 61.1 Å². The average molecular weight is 822 g/mol. The third kappa shape index (κ3) is 19.2. The Morgan fingerprint density at radius 3 is 1.74 bits per heavy atom. The van der Waals surface area contributed by atoms with Gasteiger partial charge in [0.2, 0.25) is 41.4 Å². The summed E-state index contributed by atoms with van der Waals surface area (Å²) in [5, 5.41) is 24.7. The number of aliphatic imine (C=N–C) groups is 1. The van der Waals surface area contributed by atoms with Crippen molar-refractivity contribution in [1.29, 1.82) is 0 Å². The van der Waals surface area contributed by atoms with Gasteiger partial charge in [-0.15, -0.1) is 0 Å². The van der Waals surface area contributed by atoms with Crippen LogP contribution in [0.5, 0.6) is 0 Å². The number of aliphatic hydroxyl groups is 1. The van der Waals surface area contributed by atoms with Crippen molar-refractivity contribution in [2.45, 2.75) is 116 Å². The van der Waals surface area contributed by atoms with Gasteiger partial charge in [0, 0.05) is 13.0 Å². The Kier molecular flexibility index (Phi) is 22.5. The molecule has 1 rings (SSSR count). The molecule has 0 aliphatic carbocycles. The fourth-order valence-corrected chi connectivity index (χ4v) is 5.64. The van der Waals surface area contributed by atoms with Gasteiger partial charge in [0.05, 0.1) is 13.2 Å². The molecule has 0 aliphatic rings. The van der Waals surface area contributed by atoms with E-state index >= 15 is 0 Å². The van der Waals surface area contributed by atoms with Crippen molar-refractivity contribution in [2.24, 2.45) is 45.7 Å². The Hall–Kier alpha value is -5.37. The van der Waals surface area contributed by atoms with Crippen molar-refractivity contribution >= 4 is 47.3 Å². The summed E-state index contributed by atoms with van der Waals surface area (Å²) in [4.78, 5) is 95.8. The molecule has 0 aliphatic heterocycles. The van der Waals surface area contributed by atoms with Crippen LogP contribution in [0.1, 0.15) is 79.2 Å². The van der Waals surface area contributed by atoms with Crippen LogP contribution in [0.4, 0.5) is 4.39 Å². The summed E-state index contributed by atoms with van der Waals surface area (Å²) >= 11 is 0. The zero-order chi connectivity index (χ0) is 44.1. The highest BCUT2D eigenvalue weighted by Crippen LogP contribution is 2.12. The normalized spacial score (nSPS) is 14.7. The first-order valence-electron chi connectivity index (χ1n) is 19.4. The average Bonchev–Trinajstić information content (AvgIpc) is 3.15. The van der Waals surface area contributed by atoms with Crippen LogP contribution < -0.4 is 54.8 Å². The van der Waals surface area contributed by atoms with Gasteiger partial charge in [-0.3, -0.25) is 38.6 Å². The van der Waals surface area contributed by atoms with Crippen LogP contribution in [-0.2, 0) is 40.0 Å². The number of nitrogens with one attached hydrogen (secondary N) is 6. The maximum Gasteiger partial charge on any atom is 0.243 e. The molecule has 0 saturated carbocycles. The van der Waals surface area contributed by atoms with Crippen molar-refractivity contribution in [3.05, 3.63) is 35.6 Å². The fraction of sp³-hybridized carbons (Fsp3) is 0.632. The lowest BCUT2D eigenvalue weighted by Crippen LogP contribution is -2.59. The summed E-state index contributed by atoms with van der Waals surface area (Å²) in [6, 6.07) is -1.71. The molecule has 0 radical (unpaired) electrons. The molecular formula is C38H64FN11O8. The number of rotatable bonds is 26. The van der Waals surface area contributed by atoms with Crippen LogP contribution in [-0.4, -0.2) is 108 Å². The molecular weight excluding hydrogens is 757 g/mol. The van der Waals surface area contributed by atoms with Gasteiger partial charge in [-0.1, -0.05) is 60.1 Å². The number of halogens is 1. The first kappa shape index (κ1) is 50.6. The number of hydrogen-bond donors (Lipinski definition) is 11. The van der Waals surface area contributed by atoms with E-state index in [-0.39, 0.29) is 56.4 Å². The molecule has 7 amide bonds. The summed E-state index contributed by atoms with van der Waals surface area (Å²) in [5.41, 5.74) is 22.6. The maximum absolute atomic E-state index is 13.7. The van der Waals surface area contributed by atoms with Gasteiger partial charge in [0.1, 0.15) is 42.1 Å².